The molecule has 8 heteroatoms. The predicted octanol–water partition coefficient (Wildman–Crippen LogP) is 4.16. The minimum absolute atomic E-state index is 0.177. The molecule has 0 unspecified atom stereocenters. The van der Waals surface area contributed by atoms with Crippen LogP contribution in [0.2, 0.25) is 0 Å². The van der Waals surface area contributed by atoms with Gasteiger partial charge in [-0.1, -0.05) is 24.3 Å². The molecule has 3 aromatic heterocycles. The van der Waals surface area contributed by atoms with Crippen molar-refractivity contribution in [1.29, 1.82) is 0 Å². The van der Waals surface area contributed by atoms with Gasteiger partial charge in [0, 0.05) is 23.7 Å². The molecule has 2 aromatic carbocycles. The maximum absolute atomic E-state index is 12.5. The summed E-state index contributed by atoms with van der Waals surface area (Å²) in [5, 5.41) is 3.69. The Hall–Kier alpha value is -4.59. The van der Waals surface area contributed by atoms with E-state index < -0.39 is 0 Å². The van der Waals surface area contributed by atoms with Gasteiger partial charge in [-0.05, 0) is 48.0 Å². The monoisotopic (exact) mass is 424 g/mol. The Morgan fingerprint density at radius 2 is 1.78 bits per heavy atom. The molecule has 1 amide bonds. The third-order valence-electron chi connectivity index (χ3n) is 5.17. The van der Waals surface area contributed by atoms with E-state index >= 15 is 0 Å². The van der Waals surface area contributed by atoms with Crippen molar-refractivity contribution in [3.05, 3.63) is 90.3 Å². The zero-order chi connectivity index (χ0) is 22.1. The van der Waals surface area contributed by atoms with Crippen molar-refractivity contribution >= 4 is 34.3 Å². The van der Waals surface area contributed by atoms with Crippen molar-refractivity contribution in [3.8, 4) is 11.5 Å². The molecule has 158 valence electrons. The number of hydrogen-bond acceptors (Lipinski definition) is 6. The van der Waals surface area contributed by atoms with E-state index in [1.807, 2.05) is 47.2 Å². The predicted molar refractivity (Wildman–Crippen MR) is 124 cm³/mol. The zero-order valence-corrected chi connectivity index (χ0v) is 17.0. The van der Waals surface area contributed by atoms with Gasteiger partial charge < -0.3 is 25.8 Å². The number of nitrogens with zero attached hydrogens (tertiary/aromatic N) is 3. The first-order chi connectivity index (χ1) is 15.6. The average molecular weight is 424 g/mol. The third-order valence-corrected chi connectivity index (χ3v) is 5.17. The van der Waals surface area contributed by atoms with Crippen LogP contribution in [0, 0.1) is 0 Å². The molecular formula is C24H20N6O2. The summed E-state index contributed by atoms with van der Waals surface area (Å²) in [6.45, 7) is 0.561. The van der Waals surface area contributed by atoms with Gasteiger partial charge in [0.15, 0.2) is 5.76 Å². The van der Waals surface area contributed by atoms with E-state index in [2.05, 4.69) is 15.3 Å². The van der Waals surface area contributed by atoms with Gasteiger partial charge in [-0.3, -0.25) is 4.79 Å². The summed E-state index contributed by atoms with van der Waals surface area (Å²) >= 11 is 0. The maximum Gasteiger partial charge on any atom is 0.255 e. The minimum atomic E-state index is -0.218. The van der Waals surface area contributed by atoms with Gasteiger partial charge in [-0.25, -0.2) is 4.98 Å². The molecule has 0 saturated heterocycles. The summed E-state index contributed by atoms with van der Waals surface area (Å²) in [6.07, 6.45) is 3.53. The molecule has 0 bridgehead atoms. The lowest BCUT2D eigenvalue weighted by molar-refractivity contribution is 0.102. The first-order valence-electron chi connectivity index (χ1n) is 9.99. The van der Waals surface area contributed by atoms with Crippen molar-refractivity contribution in [2.75, 3.05) is 16.8 Å². The Labute approximate surface area is 183 Å². The molecule has 32 heavy (non-hydrogen) atoms. The number of anilines is 3. The van der Waals surface area contributed by atoms with Crippen LogP contribution in [0.5, 0.6) is 0 Å². The topological polar surface area (TPSA) is 125 Å². The molecule has 5 rings (SSSR count). The van der Waals surface area contributed by atoms with Gasteiger partial charge >= 0.3 is 0 Å². The summed E-state index contributed by atoms with van der Waals surface area (Å²) in [7, 11) is 0. The highest BCUT2D eigenvalue weighted by atomic mass is 16.3. The van der Waals surface area contributed by atoms with Crippen molar-refractivity contribution in [2.24, 2.45) is 0 Å². The van der Waals surface area contributed by atoms with Crippen LogP contribution in [-0.2, 0) is 6.54 Å². The second-order valence-corrected chi connectivity index (χ2v) is 7.33. The van der Waals surface area contributed by atoms with Crippen LogP contribution in [0.1, 0.15) is 15.9 Å². The van der Waals surface area contributed by atoms with Crippen molar-refractivity contribution < 1.29 is 9.21 Å². The van der Waals surface area contributed by atoms with Gasteiger partial charge in [0.05, 0.1) is 17.6 Å². The molecule has 0 radical (unpaired) electrons. The molecule has 0 spiro atoms. The highest BCUT2D eigenvalue weighted by Crippen LogP contribution is 2.28. The van der Waals surface area contributed by atoms with Crippen LogP contribution in [0.4, 0.5) is 17.3 Å². The fourth-order valence-corrected chi connectivity index (χ4v) is 3.57. The molecule has 0 aliphatic carbocycles. The molecule has 5 aromatic rings. The Bertz CT molecular complexity index is 1400. The first-order valence-corrected chi connectivity index (χ1v) is 9.99. The van der Waals surface area contributed by atoms with Gasteiger partial charge in [0.25, 0.3) is 5.91 Å². The van der Waals surface area contributed by atoms with Crippen molar-refractivity contribution in [3.63, 3.8) is 0 Å². The molecule has 0 saturated carbocycles. The number of para-hydroxylation sites is 2. The van der Waals surface area contributed by atoms with Crippen molar-refractivity contribution in [2.45, 2.75) is 6.54 Å². The lowest BCUT2D eigenvalue weighted by atomic mass is 10.1. The summed E-state index contributed by atoms with van der Waals surface area (Å²) < 4.78 is 7.48. The number of aromatic nitrogens is 3. The summed E-state index contributed by atoms with van der Waals surface area (Å²) in [5.74, 6) is 0.594. The highest BCUT2D eigenvalue weighted by Gasteiger charge is 2.15. The molecule has 0 aliphatic heterocycles. The Kier molecular flexibility index (Phi) is 4.79. The standard InChI is InChI=1S/C24H20N6O2/c25-18-4-1-2-5-19(18)27-23(31)16-9-7-15(8-10-16)14-30-12-11-17-21(20-6-3-13-32-20)28-24(26)29-22(17)30/h1-13H,14,25H2,(H,27,31)(H2,26,28,29). The van der Waals surface area contributed by atoms with Crippen LogP contribution >= 0.6 is 0 Å². The Morgan fingerprint density at radius 3 is 2.53 bits per heavy atom. The van der Waals surface area contributed by atoms with E-state index in [1.54, 1.807) is 36.6 Å². The summed E-state index contributed by atoms with van der Waals surface area (Å²) in [4.78, 5) is 21.3. The maximum atomic E-state index is 12.5. The first kappa shape index (κ1) is 19.4. The van der Waals surface area contributed by atoms with Crippen LogP contribution in [-0.4, -0.2) is 20.4 Å². The largest absolute Gasteiger partial charge is 0.463 e. The van der Waals surface area contributed by atoms with Crippen LogP contribution in [0.3, 0.4) is 0 Å². The lowest BCUT2D eigenvalue weighted by Gasteiger charge is -2.09. The molecule has 0 aliphatic rings. The Morgan fingerprint density at radius 1 is 0.969 bits per heavy atom. The number of nitrogens with two attached hydrogens (primary N) is 2. The highest BCUT2D eigenvalue weighted by molar-refractivity contribution is 6.05. The van der Waals surface area contributed by atoms with E-state index in [-0.39, 0.29) is 11.9 Å². The average Bonchev–Trinajstić information content (AvgIpc) is 3.46. The van der Waals surface area contributed by atoms with E-state index in [4.69, 9.17) is 15.9 Å². The second-order valence-electron chi connectivity index (χ2n) is 7.33. The second kappa shape index (κ2) is 7.92. The fraction of sp³-hybridized carbons (Fsp3) is 0.0417. The number of nitrogen functional groups attached to an aromatic ring is 2. The number of furan rings is 1. The minimum Gasteiger partial charge on any atom is -0.463 e. The SMILES string of the molecule is Nc1nc(-c2ccco2)c2ccn(Cc3ccc(C(=O)Nc4ccccc4N)cc3)c2n1. The number of hydrogen-bond donors (Lipinski definition) is 3. The van der Waals surface area contributed by atoms with E-state index in [9.17, 15) is 4.79 Å². The summed E-state index contributed by atoms with van der Waals surface area (Å²) in [5.41, 5.74) is 15.9. The zero-order valence-electron chi connectivity index (χ0n) is 17.0. The number of nitrogens with one attached hydrogen (secondary N) is 1. The van der Waals surface area contributed by atoms with Gasteiger partial charge in [-0.2, -0.15) is 4.98 Å². The molecular weight excluding hydrogens is 404 g/mol. The van der Waals surface area contributed by atoms with Gasteiger partial charge in [-0.15, -0.1) is 0 Å². The number of carbonyl (C=O) groups excluding carboxylic acids is 1. The Balaban J connectivity index is 1.38. The molecule has 5 N–H and O–H groups in total. The number of fused-ring (bicyclic) bond motifs is 1. The lowest BCUT2D eigenvalue weighted by Crippen LogP contribution is -2.13. The van der Waals surface area contributed by atoms with Crippen LogP contribution < -0.4 is 16.8 Å². The van der Waals surface area contributed by atoms with E-state index in [0.29, 0.717) is 40.6 Å². The third kappa shape index (κ3) is 3.65. The van der Waals surface area contributed by atoms with Crippen molar-refractivity contribution in [1.82, 2.24) is 14.5 Å². The van der Waals surface area contributed by atoms with E-state index in [1.165, 1.54) is 0 Å². The number of amides is 1. The smallest absolute Gasteiger partial charge is 0.255 e. The summed E-state index contributed by atoms with van der Waals surface area (Å²) in [6, 6.07) is 20.1. The molecule has 0 atom stereocenters. The van der Waals surface area contributed by atoms with Crippen LogP contribution in [0.25, 0.3) is 22.5 Å². The number of benzene rings is 2. The molecule has 3 heterocycles. The quantitative estimate of drug-likeness (QED) is 0.364. The molecule has 8 nitrogen and oxygen atoms in total. The van der Waals surface area contributed by atoms with Gasteiger partial charge in [0.2, 0.25) is 5.95 Å². The van der Waals surface area contributed by atoms with E-state index in [0.717, 1.165) is 10.9 Å². The molecule has 0 fully saturated rings. The number of carbonyl (C=O) groups is 1. The van der Waals surface area contributed by atoms with Crippen LogP contribution in [0.15, 0.2) is 83.6 Å². The normalized spacial score (nSPS) is 11.0. The number of rotatable bonds is 5. The van der Waals surface area contributed by atoms with Gasteiger partial charge in [0.1, 0.15) is 11.3 Å². The fourth-order valence-electron chi connectivity index (χ4n) is 3.57.